The first kappa shape index (κ1) is 13.3. The number of aromatic nitrogens is 1. The van der Waals surface area contributed by atoms with E-state index in [1.807, 2.05) is 18.2 Å². The van der Waals surface area contributed by atoms with E-state index in [1.165, 1.54) is 0 Å². The summed E-state index contributed by atoms with van der Waals surface area (Å²) in [5.41, 5.74) is 0.878. The molecule has 0 radical (unpaired) electrons. The average molecular weight is 260 g/mol. The van der Waals surface area contributed by atoms with Gasteiger partial charge in [-0.3, -0.25) is 14.6 Å². The molecule has 5 nitrogen and oxygen atoms in total. The highest BCUT2D eigenvalue weighted by Crippen LogP contribution is 2.18. The Hall–Kier alpha value is -2.17. The van der Waals surface area contributed by atoms with Crippen molar-refractivity contribution in [2.24, 2.45) is 5.92 Å². The van der Waals surface area contributed by atoms with E-state index in [4.69, 9.17) is 5.11 Å². The fraction of sp³-hybridized carbons (Fsp3) is 0.357. The van der Waals surface area contributed by atoms with Crippen LogP contribution in [0.4, 0.5) is 0 Å². The molecule has 0 saturated heterocycles. The number of carboxylic acids is 1. The summed E-state index contributed by atoms with van der Waals surface area (Å²) in [6, 6.07) is 5.43. The number of carbonyl (C=O) groups excluding carboxylic acids is 1. The zero-order valence-electron chi connectivity index (χ0n) is 10.5. The Morgan fingerprint density at radius 1 is 1.37 bits per heavy atom. The molecule has 100 valence electrons. The molecule has 2 unspecified atom stereocenters. The predicted octanol–water partition coefficient (Wildman–Crippen LogP) is 1.16. The number of amides is 1. The van der Waals surface area contributed by atoms with Crippen LogP contribution in [0.25, 0.3) is 0 Å². The lowest BCUT2D eigenvalue weighted by molar-refractivity contribution is -0.140. The molecule has 19 heavy (non-hydrogen) atoms. The minimum atomic E-state index is -0.846. The van der Waals surface area contributed by atoms with Crippen molar-refractivity contribution in [2.45, 2.75) is 25.3 Å². The van der Waals surface area contributed by atoms with Crippen molar-refractivity contribution in [1.29, 1.82) is 0 Å². The van der Waals surface area contributed by atoms with Crippen molar-refractivity contribution in [1.82, 2.24) is 10.3 Å². The molecule has 0 spiro atoms. The molecule has 0 aliphatic heterocycles. The van der Waals surface area contributed by atoms with E-state index in [9.17, 15) is 9.59 Å². The second-order valence-corrected chi connectivity index (χ2v) is 4.56. The summed E-state index contributed by atoms with van der Waals surface area (Å²) >= 11 is 0. The number of nitrogens with one attached hydrogen (secondary N) is 1. The Labute approximate surface area is 111 Å². The highest BCUT2D eigenvalue weighted by atomic mass is 16.4. The summed E-state index contributed by atoms with van der Waals surface area (Å²) in [5.74, 6) is -1.41. The first-order valence-electron chi connectivity index (χ1n) is 6.25. The summed E-state index contributed by atoms with van der Waals surface area (Å²) in [4.78, 5) is 26.6. The van der Waals surface area contributed by atoms with Crippen molar-refractivity contribution < 1.29 is 14.7 Å². The maximum absolute atomic E-state index is 11.7. The van der Waals surface area contributed by atoms with Crippen molar-refractivity contribution in [3.05, 3.63) is 42.2 Å². The second-order valence-electron chi connectivity index (χ2n) is 4.56. The third-order valence-corrected chi connectivity index (χ3v) is 3.08. The lowest BCUT2D eigenvalue weighted by Crippen LogP contribution is -2.33. The van der Waals surface area contributed by atoms with E-state index in [1.54, 1.807) is 18.3 Å². The summed E-state index contributed by atoms with van der Waals surface area (Å²) in [7, 11) is 0. The number of aliphatic carboxylic acids is 1. The number of hydrogen-bond donors (Lipinski definition) is 2. The quantitative estimate of drug-likeness (QED) is 0.779. The fourth-order valence-corrected chi connectivity index (χ4v) is 2.06. The smallest absolute Gasteiger partial charge is 0.310 e. The normalized spacial score (nSPS) is 21.3. The Bertz CT molecular complexity index is 485. The molecule has 1 aliphatic carbocycles. The van der Waals surface area contributed by atoms with Gasteiger partial charge in [-0.05, 0) is 25.0 Å². The molecule has 1 aliphatic rings. The summed E-state index contributed by atoms with van der Waals surface area (Å²) < 4.78 is 0. The Morgan fingerprint density at radius 3 is 2.84 bits per heavy atom. The molecule has 0 bridgehead atoms. The molecule has 0 saturated carbocycles. The van der Waals surface area contributed by atoms with E-state index in [2.05, 4.69) is 10.3 Å². The predicted molar refractivity (Wildman–Crippen MR) is 69.4 cm³/mol. The molecule has 2 atom stereocenters. The third kappa shape index (κ3) is 3.91. The van der Waals surface area contributed by atoms with E-state index >= 15 is 0 Å². The van der Waals surface area contributed by atoms with Gasteiger partial charge in [0.15, 0.2) is 0 Å². The Morgan fingerprint density at radius 2 is 2.21 bits per heavy atom. The van der Waals surface area contributed by atoms with E-state index < -0.39 is 11.9 Å². The van der Waals surface area contributed by atoms with Gasteiger partial charge in [-0.15, -0.1) is 0 Å². The second kappa shape index (κ2) is 6.13. The summed E-state index contributed by atoms with van der Waals surface area (Å²) in [5, 5.41) is 11.7. The van der Waals surface area contributed by atoms with Crippen LogP contribution in [-0.2, 0) is 16.0 Å². The van der Waals surface area contributed by atoms with Crippen molar-refractivity contribution >= 4 is 11.9 Å². The van der Waals surface area contributed by atoms with Crippen LogP contribution < -0.4 is 5.32 Å². The monoisotopic (exact) mass is 260 g/mol. The zero-order valence-corrected chi connectivity index (χ0v) is 10.5. The Kier molecular flexibility index (Phi) is 4.28. The topological polar surface area (TPSA) is 79.3 Å². The lowest BCUT2D eigenvalue weighted by atomic mass is 10.1. The van der Waals surface area contributed by atoms with Crippen LogP contribution in [0, 0.1) is 5.92 Å². The highest BCUT2D eigenvalue weighted by molar-refractivity contribution is 5.77. The molecule has 0 aromatic carbocycles. The Balaban J connectivity index is 1.74. The number of carboxylic acid groups (broad SMARTS) is 1. The van der Waals surface area contributed by atoms with Gasteiger partial charge >= 0.3 is 5.97 Å². The number of aryl methyl sites for hydroxylation is 1. The largest absolute Gasteiger partial charge is 0.481 e. The first-order chi connectivity index (χ1) is 9.15. The van der Waals surface area contributed by atoms with Gasteiger partial charge in [0.05, 0.1) is 5.92 Å². The van der Waals surface area contributed by atoms with Crippen LogP contribution in [0.15, 0.2) is 36.5 Å². The van der Waals surface area contributed by atoms with Crippen molar-refractivity contribution in [3.8, 4) is 0 Å². The van der Waals surface area contributed by atoms with Gasteiger partial charge < -0.3 is 10.4 Å². The van der Waals surface area contributed by atoms with Crippen LogP contribution in [0.3, 0.4) is 0 Å². The number of hydrogen-bond acceptors (Lipinski definition) is 3. The minimum Gasteiger partial charge on any atom is -0.481 e. The van der Waals surface area contributed by atoms with Gasteiger partial charge in [0, 0.05) is 24.4 Å². The van der Waals surface area contributed by atoms with E-state index in [-0.39, 0.29) is 11.9 Å². The molecule has 1 amide bonds. The van der Waals surface area contributed by atoms with Crippen LogP contribution in [0.5, 0.6) is 0 Å². The van der Waals surface area contributed by atoms with Crippen LogP contribution in [-0.4, -0.2) is 28.0 Å². The number of nitrogens with zero attached hydrogens (tertiary/aromatic N) is 1. The zero-order chi connectivity index (χ0) is 13.7. The van der Waals surface area contributed by atoms with Gasteiger partial charge in [-0.1, -0.05) is 18.2 Å². The van der Waals surface area contributed by atoms with Crippen LogP contribution in [0.2, 0.25) is 0 Å². The molecule has 1 aromatic rings. The van der Waals surface area contributed by atoms with Crippen molar-refractivity contribution in [3.63, 3.8) is 0 Å². The van der Waals surface area contributed by atoms with Gasteiger partial charge in [-0.25, -0.2) is 0 Å². The van der Waals surface area contributed by atoms with Gasteiger partial charge in [0.1, 0.15) is 0 Å². The SMILES string of the molecule is O=C(CCc1ccccn1)NC1C=CC(C(=O)O)C1. The first-order valence-corrected chi connectivity index (χ1v) is 6.25. The molecule has 1 heterocycles. The summed E-state index contributed by atoms with van der Waals surface area (Å²) in [6.45, 7) is 0. The summed E-state index contributed by atoms with van der Waals surface area (Å²) in [6.07, 6.45) is 6.46. The van der Waals surface area contributed by atoms with Gasteiger partial charge in [0.25, 0.3) is 0 Å². The average Bonchev–Trinajstić information content (AvgIpc) is 2.86. The minimum absolute atomic E-state index is 0.0775. The fourth-order valence-electron chi connectivity index (χ4n) is 2.06. The molecule has 0 fully saturated rings. The van der Waals surface area contributed by atoms with E-state index in [0.717, 1.165) is 5.69 Å². The highest BCUT2D eigenvalue weighted by Gasteiger charge is 2.25. The third-order valence-electron chi connectivity index (χ3n) is 3.08. The van der Waals surface area contributed by atoms with Crippen LogP contribution in [0.1, 0.15) is 18.5 Å². The molecule has 2 N–H and O–H groups in total. The molecular formula is C14H16N2O3. The number of carbonyl (C=O) groups is 2. The van der Waals surface area contributed by atoms with Crippen molar-refractivity contribution in [2.75, 3.05) is 0 Å². The maximum atomic E-state index is 11.7. The number of pyridine rings is 1. The maximum Gasteiger partial charge on any atom is 0.310 e. The van der Waals surface area contributed by atoms with Gasteiger partial charge in [-0.2, -0.15) is 0 Å². The van der Waals surface area contributed by atoms with Gasteiger partial charge in [0.2, 0.25) is 5.91 Å². The standard InChI is InChI=1S/C14H16N2O3/c17-13(7-6-11-3-1-2-8-15-11)16-12-5-4-10(9-12)14(18)19/h1-5,8,10,12H,6-7,9H2,(H,16,17)(H,18,19). The van der Waals surface area contributed by atoms with E-state index in [0.29, 0.717) is 19.3 Å². The van der Waals surface area contributed by atoms with Crippen LogP contribution >= 0.6 is 0 Å². The molecule has 2 rings (SSSR count). The lowest BCUT2D eigenvalue weighted by Gasteiger charge is -2.11. The molecule has 1 aromatic heterocycles. The molecular weight excluding hydrogens is 244 g/mol. The number of rotatable bonds is 5. The molecule has 5 heteroatoms.